The normalized spacial score (nSPS) is 19.3. The van der Waals surface area contributed by atoms with Crippen LogP contribution in [-0.4, -0.2) is 23.0 Å². The standard InChI is InChI=1S/C29H38N2O3/c1-21-17-22(2)28(23(3)18-21)30-29(32)31(25-13-9-4-5-10-14-25)26(27-20-33-15-16-34-27)19-24-11-7-6-8-12-24/h6-7,11,15-18,20,25-26H,4-5,8-10,12-14,19H2,1-3H3,(H,30,32). The number of nitrogens with one attached hydrogen (secondary N) is 1. The number of anilines is 1. The van der Waals surface area contributed by atoms with Gasteiger partial charge in [-0.2, -0.15) is 0 Å². The van der Waals surface area contributed by atoms with Crippen LogP contribution in [0.4, 0.5) is 10.5 Å². The Kier molecular flexibility index (Phi) is 8.15. The monoisotopic (exact) mass is 462 g/mol. The van der Waals surface area contributed by atoms with Gasteiger partial charge in [-0.25, -0.2) is 4.79 Å². The van der Waals surface area contributed by atoms with Gasteiger partial charge in [0.15, 0.2) is 5.76 Å². The molecule has 1 aromatic carbocycles. The summed E-state index contributed by atoms with van der Waals surface area (Å²) in [5, 5.41) is 3.29. The van der Waals surface area contributed by atoms with Gasteiger partial charge in [0.05, 0.1) is 6.04 Å². The lowest BCUT2D eigenvalue weighted by molar-refractivity contribution is 0.121. The third-order valence-corrected chi connectivity index (χ3v) is 7.10. The van der Waals surface area contributed by atoms with Crippen LogP contribution in [0.2, 0.25) is 0 Å². The molecule has 0 bridgehead atoms. The van der Waals surface area contributed by atoms with Crippen molar-refractivity contribution in [2.24, 2.45) is 0 Å². The summed E-state index contributed by atoms with van der Waals surface area (Å²) in [4.78, 5) is 16.1. The van der Waals surface area contributed by atoms with Gasteiger partial charge in [-0.15, -0.1) is 0 Å². The maximum Gasteiger partial charge on any atom is 0.322 e. The van der Waals surface area contributed by atoms with Crippen LogP contribution < -0.4 is 5.32 Å². The lowest BCUT2D eigenvalue weighted by Crippen LogP contribution is -2.50. The van der Waals surface area contributed by atoms with Gasteiger partial charge < -0.3 is 19.7 Å². The molecule has 0 radical (unpaired) electrons. The van der Waals surface area contributed by atoms with Crippen molar-refractivity contribution in [3.8, 4) is 0 Å². The molecule has 2 aliphatic carbocycles. The van der Waals surface area contributed by atoms with Gasteiger partial charge in [0.25, 0.3) is 0 Å². The molecule has 5 heteroatoms. The fourth-order valence-corrected chi connectivity index (χ4v) is 5.48. The summed E-state index contributed by atoms with van der Waals surface area (Å²) in [7, 11) is 0. The second-order valence-electron chi connectivity index (χ2n) is 9.81. The highest BCUT2D eigenvalue weighted by atomic mass is 16.5. The molecule has 3 aliphatic rings. The zero-order chi connectivity index (χ0) is 23.9. The number of aryl methyl sites for hydroxylation is 3. The molecule has 0 saturated heterocycles. The Bertz CT molecular complexity index is 974. The van der Waals surface area contributed by atoms with E-state index in [1.807, 2.05) is 0 Å². The van der Waals surface area contributed by atoms with Crippen LogP contribution in [0.15, 0.2) is 60.5 Å². The number of carbonyl (C=O) groups excluding carboxylic acids is 1. The summed E-state index contributed by atoms with van der Waals surface area (Å²) in [6.07, 6.45) is 20.8. The average Bonchev–Trinajstić information content (AvgIpc) is 3.12. The Morgan fingerprint density at radius 1 is 1.09 bits per heavy atom. The first-order chi connectivity index (χ1) is 16.5. The van der Waals surface area contributed by atoms with E-state index in [2.05, 4.69) is 61.3 Å². The zero-order valence-corrected chi connectivity index (χ0v) is 20.8. The fourth-order valence-electron chi connectivity index (χ4n) is 5.48. The van der Waals surface area contributed by atoms with Gasteiger partial charge in [-0.3, -0.25) is 0 Å². The van der Waals surface area contributed by atoms with Crippen molar-refractivity contribution in [3.05, 3.63) is 77.2 Å². The minimum Gasteiger partial charge on any atom is -0.466 e. The van der Waals surface area contributed by atoms with Crippen molar-refractivity contribution in [1.29, 1.82) is 0 Å². The third-order valence-electron chi connectivity index (χ3n) is 7.10. The first-order valence-electron chi connectivity index (χ1n) is 12.7. The molecule has 182 valence electrons. The lowest BCUT2D eigenvalue weighted by Gasteiger charge is -2.39. The number of allylic oxidation sites excluding steroid dienone is 3. The highest BCUT2D eigenvalue weighted by Gasteiger charge is 2.36. The molecule has 4 rings (SSSR count). The summed E-state index contributed by atoms with van der Waals surface area (Å²) in [5.74, 6) is 0.690. The highest BCUT2D eigenvalue weighted by Crippen LogP contribution is 2.33. The first kappa shape index (κ1) is 24.2. The van der Waals surface area contributed by atoms with Crippen molar-refractivity contribution < 1.29 is 14.3 Å². The topological polar surface area (TPSA) is 50.8 Å². The average molecular weight is 463 g/mol. The van der Waals surface area contributed by atoms with E-state index in [-0.39, 0.29) is 18.1 Å². The SMILES string of the molecule is Cc1cc(C)c(NC(=O)N(C2CCCCCC2)C(CC2=CC=CCC2)C2=COC=CO2)c(C)c1. The van der Waals surface area contributed by atoms with E-state index in [0.29, 0.717) is 5.76 Å². The molecule has 34 heavy (non-hydrogen) atoms. The van der Waals surface area contributed by atoms with Gasteiger partial charge in [0.1, 0.15) is 18.8 Å². The van der Waals surface area contributed by atoms with Crippen LogP contribution in [0.5, 0.6) is 0 Å². The Hall–Kier alpha value is -2.95. The number of hydrogen-bond acceptors (Lipinski definition) is 3. The molecule has 5 nitrogen and oxygen atoms in total. The molecule has 1 heterocycles. The lowest BCUT2D eigenvalue weighted by atomic mass is 9.94. The van der Waals surface area contributed by atoms with Crippen molar-refractivity contribution >= 4 is 11.7 Å². The van der Waals surface area contributed by atoms with Crippen LogP contribution in [0, 0.1) is 20.8 Å². The van der Waals surface area contributed by atoms with E-state index in [1.54, 1.807) is 12.5 Å². The number of hydrogen-bond donors (Lipinski definition) is 1. The number of nitrogens with zero attached hydrogens (tertiary/aromatic N) is 1. The van der Waals surface area contributed by atoms with Crippen molar-refractivity contribution in [2.45, 2.75) is 90.6 Å². The number of benzene rings is 1. The van der Waals surface area contributed by atoms with Gasteiger partial charge in [-0.05, 0) is 64.0 Å². The molecule has 1 atom stereocenters. The zero-order valence-electron chi connectivity index (χ0n) is 20.8. The molecule has 1 unspecified atom stereocenters. The summed E-state index contributed by atoms with van der Waals surface area (Å²) in [5.41, 5.74) is 5.61. The largest absolute Gasteiger partial charge is 0.466 e. The minimum absolute atomic E-state index is 0.0574. The van der Waals surface area contributed by atoms with Crippen LogP contribution >= 0.6 is 0 Å². The van der Waals surface area contributed by atoms with Crippen LogP contribution in [0.25, 0.3) is 0 Å². The molecule has 1 aromatic rings. The second-order valence-corrected chi connectivity index (χ2v) is 9.81. The molecule has 1 N–H and O–H groups in total. The molecular weight excluding hydrogens is 424 g/mol. The number of urea groups is 1. The van der Waals surface area contributed by atoms with Gasteiger partial charge in [0.2, 0.25) is 0 Å². The molecule has 1 fully saturated rings. The Morgan fingerprint density at radius 3 is 2.44 bits per heavy atom. The van der Waals surface area contributed by atoms with E-state index in [4.69, 9.17) is 9.47 Å². The van der Waals surface area contributed by atoms with Crippen molar-refractivity contribution in [1.82, 2.24) is 4.90 Å². The van der Waals surface area contributed by atoms with E-state index < -0.39 is 0 Å². The van der Waals surface area contributed by atoms with E-state index >= 15 is 0 Å². The number of carbonyl (C=O) groups is 1. The molecule has 2 amide bonds. The number of rotatable bonds is 6. The predicted molar refractivity (Wildman–Crippen MR) is 137 cm³/mol. The summed E-state index contributed by atoms with van der Waals surface area (Å²) in [6.45, 7) is 6.22. The second kappa shape index (κ2) is 11.5. The molecule has 0 aromatic heterocycles. The van der Waals surface area contributed by atoms with E-state index in [0.717, 1.165) is 61.8 Å². The molecule has 1 saturated carbocycles. The molecule has 0 spiro atoms. The van der Waals surface area contributed by atoms with Gasteiger partial charge >= 0.3 is 6.03 Å². The number of amides is 2. The van der Waals surface area contributed by atoms with Crippen molar-refractivity contribution in [3.63, 3.8) is 0 Å². The first-order valence-corrected chi connectivity index (χ1v) is 12.7. The van der Waals surface area contributed by atoms with Crippen LogP contribution in [0.3, 0.4) is 0 Å². The highest BCUT2D eigenvalue weighted by molar-refractivity contribution is 5.91. The smallest absolute Gasteiger partial charge is 0.322 e. The third kappa shape index (κ3) is 5.94. The Labute approximate surface area is 204 Å². The van der Waals surface area contributed by atoms with Crippen molar-refractivity contribution in [2.75, 3.05) is 5.32 Å². The van der Waals surface area contributed by atoms with Gasteiger partial charge in [0, 0.05) is 11.7 Å². The Morgan fingerprint density at radius 2 is 1.82 bits per heavy atom. The Balaban J connectivity index is 1.69. The summed E-state index contributed by atoms with van der Waals surface area (Å²) >= 11 is 0. The maximum atomic E-state index is 14.1. The fraction of sp³-hybridized carbons (Fsp3) is 0.483. The van der Waals surface area contributed by atoms with Crippen LogP contribution in [0.1, 0.15) is 74.5 Å². The molecular formula is C29H38N2O3. The minimum atomic E-state index is -0.225. The van der Waals surface area contributed by atoms with E-state index in [1.165, 1.54) is 30.2 Å². The maximum absolute atomic E-state index is 14.1. The van der Waals surface area contributed by atoms with E-state index in [9.17, 15) is 4.79 Å². The predicted octanol–water partition coefficient (Wildman–Crippen LogP) is 7.56. The summed E-state index contributed by atoms with van der Waals surface area (Å²) < 4.78 is 11.4. The molecule has 1 aliphatic heterocycles. The number of ether oxygens (including phenoxy) is 2. The van der Waals surface area contributed by atoms with Gasteiger partial charge in [-0.1, -0.05) is 67.2 Å². The summed E-state index contributed by atoms with van der Waals surface area (Å²) in [6, 6.07) is 4.13. The quantitative estimate of drug-likeness (QED) is 0.444. The van der Waals surface area contributed by atoms with Crippen LogP contribution in [-0.2, 0) is 9.47 Å².